The molecule has 1 saturated heterocycles. The quantitative estimate of drug-likeness (QED) is 0.906. The van der Waals surface area contributed by atoms with Crippen LogP contribution in [0.4, 0.5) is 5.13 Å². The maximum atomic E-state index is 5.79. The maximum Gasteiger partial charge on any atom is 0.186 e. The molecule has 0 bridgehead atoms. The Labute approximate surface area is 126 Å². The number of thiazole rings is 1. The number of nitrogens with zero attached hydrogens (tertiary/aromatic N) is 2. The summed E-state index contributed by atoms with van der Waals surface area (Å²) in [5, 5.41) is 4.42. The van der Waals surface area contributed by atoms with Crippen molar-refractivity contribution in [1.82, 2.24) is 10.3 Å². The van der Waals surface area contributed by atoms with Crippen molar-refractivity contribution in [1.29, 1.82) is 0 Å². The number of nitrogens with one attached hydrogen (secondary N) is 1. The number of hydrogen-bond donors (Lipinski definition) is 1. The fourth-order valence-corrected chi connectivity index (χ4v) is 3.75. The van der Waals surface area contributed by atoms with Gasteiger partial charge < -0.3 is 15.0 Å². The van der Waals surface area contributed by atoms with Gasteiger partial charge in [-0.15, -0.1) is 11.3 Å². The van der Waals surface area contributed by atoms with Gasteiger partial charge in [0.25, 0.3) is 0 Å². The zero-order valence-corrected chi connectivity index (χ0v) is 14.1. The third-order valence-electron chi connectivity index (χ3n) is 3.83. The smallest absolute Gasteiger partial charge is 0.186 e. The van der Waals surface area contributed by atoms with Gasteiger partial charge in [0.05, 0.1) is 17.9 Å². The largest absolute Gasteiger partial charge is 0.372 e. The fourth-order valence-electron chi connectivity index (χ4n) is 2.53. The van der Waals surface area contributed by atoms with E-state index < -0.39 is 0 Å². The molecule has 1 aliphatic rings. The summed E-state index contributed by atoms with van der Waals surface area (Å²) in [7, 11) is 2.00. The van der Waals surface area contributed by atoms with Crippen molar-refractivity contribution >= 4 is 16.5 Å². The summed E-state index contributed by atoms with van der Waals surface area (Å²) in [4.78, 5) is 8.69. The van der Waals surface area contributed by atoms with Gasteiger partial charge in [-0.2, -0.15) is 0 Å². The highest BCUT2D eigenvalue weighted by atomic mass is 32.1. The topological polar surface area (TPSA) is 37.4 Å². The van der Waals surface area contributed by atoms with Crippen molar-refractivity contribution in [2.24, 2.45) is 0 Å². The number of aromatic nitrogens is 1. The average Bonchev–Trinajstić information content (AvgIpc) is 2.81. The second-order valence-electron chi connectivity index (χ2n) is 6.17. The van der Waals surface area contributed by atoms with E-state index in [1.54, 1.807) is 0 Å². The standard InChI is InChI=1S/C15H27N3OS/c1-6-11(2)13-12(9-16-5)20-14(17-13)18-7-8-19-15(3,4)10-18/h11,16H,6-10H2,1-5H3. The Bertz CT molecular complexity index is 444. The molecule has 0 aliphatic carbocycles. The first kappa shape index (κ1) is 15.7. The van der Waals surface area contributed by atoms with Gasteiger partial charge >= 0.3 is 0 Å². The number of ether oxygens (including phenoxy) is 1. The van der Waals surface area contributed by atoms with E-state index in [2.05, 4.69) is 37.9 Å². The summed E-state index contributed by atoms with van der Waals surface area (Å²) < 4.78 is 5.79. The second kappa shape index (κ2) is 6.41. The van der Waals surface area contributed by atoms with E-state index in [9.17, 15) is 0 Å². The fraction of sp³-hybridized carbons (Fsp3) is 0.800. The number of anilines is 1. The van der Waals surface area contributed by atoms with Crippen LogP contribution in [0.3, 0.4) is 0 Å². The van der Waals surface area contributed by atoms with Gasteiger partial charge in [0.15, 0.2) is 5.13 Å². The van der Waals surface area contributed by atoms with Gasteiger partial charge in [0, 0.05) is 24.5 Å². The van der Waals surface area contributed by atoms with Gasteiger partial charge in [0.1, 0.15) is 0 Å². The third kappa shape index (κ3) is 3.51. The highest BCUT2D eigenvalue weighted by Crippen LogP contribution is 2.33. The van der Waals surface area contributed by atoms with Crippen LogP contribution in [0.1, 0.15) is 50.6 Å². The van der Waals surface area contributed by atoms with Crippen molar-refractivity contribution in [2.75, 3.05) is 31.6 Å². The van der Waals surface area contributed by atoms with Crippen LogP contribution in [0.25, 0.3) is 0 Å². The Balaban J connectivity index is 2.23. The van der Waals surface area contributed by atoms with Crippen LogP contribution >= 0.6 is 11.3 Å². The van der Waals surface area contributed by atoms with E-state index in [-0.39, 0.29) is 5.60 Å². The molecule has 0 saturated carbocycles. The van der Waals surface area contributed by atoms with E-state index >= 15 is 0 Å². The van der Waals surface area contributed by atoms with E-state index in [0.29, 0.717) is 5.92 Å². The van der Waals surface area contributed by atoms with Gasteiger partial charge in [0.2, 0.25) is 0 Å². The molecule has 1 aliphatic heterocycles. The molecule has 1 atom stereocenters. The molecule has 114 valence electrons. The summed E-state index contributed by atoms with van der Waals surface area (Å²) in [5.41, 5.74) is 1.19. The van der Waals surface area contributed by atoms with Crippen LogP contribution in [-0.2, 0) is 11.3 Å². The summed E-state index contributed by atoms with van der Waals surface area (Å²) in [6.07, 6.45) is 1.13. The monoisotopic (exact) mass is 297 g/mol. The second-order valence-corrected chi connectivity index (χ2v) is 7.24. The van der Waals surface area contributed by atoms with Gasteiger partial charge in [-0.3, -0.25) is 0 Å². The first-order chi connectivity index (χ1) is 9.46. The van der Waals surface area contributed by atoms with Gasteiger partial charge in [-0.25, -0.2) is 4.98 Å². The normalized spacial score (nSPS) is 20.1. The predicted octanol–water partition coefficient (Wildman–Crippen LogP) is 2.99. The summed E-state index contributed by atoms with van der Waals surface area (Å²) in [6.45, 7) is 12.3. The van der Waals surface area contributed by atoms with Crippen LogP contribution in [0.5, 0.6) is 0 Å². The Morgan fingerprint density at radius 2 is 2.25 bits per heavy atom. The molecule has 2 rings (SSSR count). The number of hydrogen-bond acceptors (Lipinski definition) is 5. The first-order valence-electron chi connectivity index (χ1n) is 7.50. The van der Waals surface area contributed by atoms with Crippen LogP contribution in [0.15, 0.2) is 0 Å². The van der Waals surface area contributed by atoms with Crippen molar-refractivity contribution < 1.29 is 4.74 Å². The molecule has 1 unspecified atom stereocenters. The molecule has 1 aromatic rings. The lowest BCUT2D eigenvalue weighted by Gasteiger charge is -2.38. The molecule has 4 nitrogen and oxygen atoms in total. The molecule has 0 spiro atoms. The van der Waals surface area contributed by atoms with Crippen molar-refractivity contribution in [3.8, 4) is 0 Å². The van der Waals surface area contributed by atoms with E-state index in [4.69, 9.17) is 9.72 Å². The van der Waals surface area contributed by atoms with Crippen LogP contribution in [0, 0.1) is 0 Å². The Kier molecular flexibility index (Phi) is 5.04. The van der Waals surface area contributed by atoms with E-state index in [1.165, 1.54) is 10.6 Å². The molecule has 2 heterocycles. The van der Waals surface area contributed by atoms with Gasteiger partial charge in [-0.05, 0) is 33.2 Å². The van der Waals surface area contributed by atoms with E-state index in [0.717, 1.165) is 37.8 Å². The molecule has 0 amide bonds. The minimum atomic E-state index is -0.0797. The Hall–Kier alpha value is -0.650. The van der Waals surface area contributed by atoms with Crippen molar-refractivity contribution in [2.45, 2.75) is 52.2 Å². The average molecular weight is 297 g/mol. The lowest BCUT2D eigenvalue weighted by molar-refractivity contribution is -0.0277. The molecule has 5 heteroatoms. The van der Waals surface area contributed by atoms with Crippen LogP contribution in [0.2, 0.25) is 0 Å². The Morgan fingerprint density at radius 1 is 1.50 bits per heavy atom. The summed E-state index contributed by atoms with van der Waals surface area (Å²) >= 11 is 1.83. The molecule has 1 fully saturated rings. The van der Waals surface area contributed by atoms with Crippen LogP contribution < -0.4 is 10.2 Å². The number of rotatable bonds is 5. The maximum absolute atomic E-state index is 5.79. The highest BCUT2D eigenvalue weighted by molar-refractivity contribution is 7.15. The SMILES string of the molecule is CCC(C)c1nc(N2CCOC(C)(C)C2)sc1CNC. The van der Waals surface area contributed by atoms with Crippen LogP contribution in [-0.4, -0.2) is 37.3 Å². The molecule has 1 N–H and O–H groups in total. The van der Waals surface area contributed by atoms with Crippen molar-refractivity contribution in [3.05, 3.63) is 10.6 Å². The number of morpholine rings is 1. The highest BCUT2D eigenvalue weighted by Gasteiger charge is 2.29. The molecule has 0 aromatic carbocycles. The van der Waals surface area contributed by atoms with Gasteiger partial charge in [-0.1, -0.05) is 13.8 Å². The molecular formula is C15H27N3OS. The molecule has 0 radical (unpaired) electrons. The zero-order valence-electron chi connectivity index (χ0n) is 13.3. The predicted molar refractivity (Wildman–Crippen MR) is 85.8 cm³/mol. The molecule has 1 aromatic heterocycles. The first-order valence-corrected chi connectivity index (χ1v) is 8.31. The minimum Gasteiger partial charge on any atom is -0.372 e. The van der Waals surface area contributed by atoms with E-state index in [1.807, 2.05) is 18.4 Å². The molecule has 20 heavy (non-hydrogen) atoms. The summed E-state index contributed by atoms with van der Waals surface area (Å²) in [5.74, 6) is 0.525. The molecular weight excluding hydrogens is 270 g/mol. The lowest BCUT2D eigenvalue weighted by Crippen LogP contribution is -2.48. The minimum absolute atomic E-state index is 0.0797. The van der Waals surface area contributed by atoms with Crippen molar-refractivity contribution in [3.63, 3.8) is 0 Å². The Morgan fingerprint density at radius 3 is 2.85 bits per heavy atom. The summed E-state index contributed by atoms with van der Waals surface area (Å²) in [6, 6.07) is 0. The lowest BCUT2D eigenvalue weighted by atomic mass is 10.0. The zero-order chi connectivity index (χ0) is 14.8. The third-order valence-corrected chi connectivity index (χ3v) is 4.96.